The van der Waals surface area contributed by atoms with Crippen molar-refractivity contribution in [3.8, 4) is 0 Å². The van der Waals surface area contributed by atoms with Crippen molar-refractivity contribution >= 4 is 21.6 Å². The normalized spacial score (nSPS) is 11.1. The van der Waals surface area contributed by atoms with Crippen LogP contribution in [0.15, 0.2) is 65.8 Å². The predicted octanol–water partition coefficient (Wildman–Crippen LogP) is 3.40. The minimum absolute atomic E-state index is 0.0795. The fraction of sp³-hybridized carbons (Fsp3) is 0.100. The Morgan fingerprint density at radius 1 is 1.07 bits per heavy atom. The van der Waals surface area contributed by atoms with E-state index in [2.05, 4.69) is 15.0 Å². The van der Waals surface area contributed by atoms with E-state index >= 15 is 0 Å². The number of aryl methyl sites for hydroxylation is 1. The first-order valence-electron chi connectivity index (χ1n) is 8.52. The van der Waals surface area contributed by atoms with Crippen molar-refractivity contribution in [3.05, 3.63) is 89.2 Å². The summed E-state index contributed by atoms with van der Waals surface area (Å²) in [6.07, 6.45) is 2.91. The Morgan fingerprint density at radius 3 is 2.55 bits per heavy atom. The summed E-state index contributed by atoms with van der Waals surface area (Å²) >= 11 is 0. The Labute approximate surface area is 166 Å². The van der Waals surface area contributed by atoms with E-state index in [1.165, 1.54) is 42.7 Å². The minimum Gasteiger partial charge on any atom is -0.348 e. The number of carbonyl (C=O) groups excluding carboxylic acids is 1. The molecule has 0 aliphatic rings. The van der Waals surface area contributed by atoms with Crippen LogP contribution in [0.4, 0.5) is 14.5 Å². The van der Waals surface area contributed by atoms with Crippen molar-refractivity contribution in [2.75, 3.05) is 4.72 Å². The zero-order valence-corrected chi connectivity index (χ0v) is 16.1. The molecule has 29 heavy (non-hydrogen) atoms. The van der Waals surface area contributed by atoms with E-state index in [9.17, 15) is 22.0 Å². The van der Waals surface area contributed by atoms with Gasteiger partial charge in [0.25, 0.3) is 15.9 Å². The number of pyridine rings is 1. The average molecular weight is 417 g/mol. The number of hydrogen-bond donors (Lipinski definition) is 2. The summed E-state index contributed by atoms with van der Waals surface area (Å²) in [5, 5.41) is 2.52. The molecule has 6 nitrogen and oxygen atoms in total. The number of anilines is 1. The number of rotatable bonds is 6. The molecule has 150 valence electrons. The number of hydrogen-bond acceptors (Lipinski definition) is 4. The second-order valence-electron chi connectivity index (χ2n) is 6.22. The summed E-state index contributed by atoms with van der Waals surface area (Å²) in [7, 11) is -4.07. The van der Waals surface area contributed by atoms with Crippen molar-refractivity contribution in [3.63, 3.8) is 0 Å². The monoisotopic (exact) mass is 417 g/mol. The van der Waals surface area contributed by atoms with Crippen LogP contribution in [0, 0.1) is 18.6 Å². The quantitative estimate of drug-likeness (QED) is 0.644. The molecule has 0 saturated carbocycles. The van der Waals surface area contributed by atoms with Crippen LogP contribution < -0.4 is 10.0 Å². The third-order valence-corrected chi connectivity index (χ3v) is 5.57. The highest BCUT2D eigenvalue weighted by molar-refractivity contribution is 7.92. The second-order valence-corrected chi connectivity index (χ2v) is 7.87. The van der Waals surface area contributed by atoms with Crippen LogP contribution in [0.5, 0.6) is 0 Å². The average Bonchev–Trinajstić information content (AvgIpc) is 2.70. The van der Waals surface area contributed by atoms with E-state index in [0.29, 0.717) is 16.8 Å². The van der Waals surface area contributed by atoms with E-state index in [0.717, 1.165) is 12.1 Å². The molecular formula is C20H17F2N3O3S. The zero-order chi connectivity index (χ0) is 21.0. The van der Waals surface area contributed by atoms with Gasteiger partial charge in [-0.05, 0) is 48.4 Å². The van der Waals surface area contributed by atoms with Gasteiger partial charge in [-0.15, -0.1) is 0 Å². The molecule has 1 amide bonds. The number of carbonyl (C=O) groups is 1. The summed E-state index contributed by atoms with van der Waals surface area (Å²) in [6.45, 7) is 1.62. The number of nitrogens with zero attached hydrogens (tertiary/aromatic N) is 1. The largest absolute Gasteiger partial charge is 0.348 e. The van der Waals surface area contributed by atoms with Gasteiger partial charge in [0.2, 0.25) is 0 Å². The molecule has 0 fully saturated rings. The van der Waals surface area contributed by atoms with Gasteiger partial charge in [0.1, 0.15) is 4.90 Å². The molecule has 0 unspecified atom stereocenters. The Kier molecular flexibility index (Phi) is 5.88. The van der Waals surface area contributed by atoms with Crippen LogP contribution in [0.3, 0.4) is 0 Å². The first-order valence-corrected chi connectivity index (χ1v) is 10.0. The summed E-state index contributed by atoms with van der Waals surface area (Å²) in [4.78, 5) is 16.3. The Hall–Kier alpha value is -3.33. The Balaban J connectivity index is 1.83. The van der Waals surface area contributed by atoms with Crippen LogP contribution in [0.25, 0.3) is 0 Å². The minimum atomic E-state index is -4.07. The van der Waals surface area contributed by atoms with Gasteiger partial charge >= 0.3 is 0 Å². The molecule has 0 saturated heterocycles. The van der Waals surface area contributed by atoms with E-state index in [-0.39, 0.29) is 17.0 Å². The molecule has 0 atom stereocenters. The van der Waals surface area contributed by atoms with Crippen LogP contribution in [0.1, 0.15) is 21.5 Å². The first kappa shape index (κ1) is 20.4. The maximum Gasteiger partial charge on any atom is 0.262 e. The molecule has 0 aliphatic carbocycles. The molecule has 0 spiro atoms. The number of amides is 1. The molecule has 1 aromatic heterocycles. The molecule has 2 N–H and O–H groups in total. The van der Waals surface area contributed by atoms with Gasteiger partial charge in [0.15, 0.2) is 11.6 Å². The summed E-state index contributed by atoms with van der Waals surface area (Å²) < 4.78 is 54.4. The molecular weight excluding hydrogens is 400 g/mol. The van der Waals surface area contributed by atoms with Crippen molar-refractivity contribution in [2.24, 2.45) is 0 Å². The van der Waals surface area contributed by atoms with Crippen LogP contribution in [-0.2, 0) is 16.6 Å². The smallest absolute Gasteiger partial charge is 0.262 e. The van der Waals surface area contributed by atoms with Gasteiger partial charge in [-0.1, -0.05) is 18.2 Å². The fourth-order valence-corrected chi connectivity index (χ4v) is 3.91. The lowest BCUT2D eigenvalue weighted by molar-refractivity contribution is 0.0947. The molecule has 3 rings (SSSR count). The van der Waals surface area contributed by atoms with Gasteiger partial charge < -0.3 is 5.32 Å². The number of aromatic nitrogens is 1. The van der Waals surface area contributed by atoms with Gasteiger partial charge in [0.05, 0.1) is 17.4 Å². The summed E-state index contributed by atoms with van der Waals surface area (Å²) in [5.74, 6) is -2.69. The van der Waals surface area contributed by atoms with Crippen LogP contribution in [0.2, 0.25) is 0 Å². The molecule has 0 radical (unpaired) electrons. The lowest BCUT2D eigenvalue weighted by Crippen LogP contribution is -2.26. The number of sulfonamides is 1. The number of benzene rings is 2. The third kappa shape index (κ3) is 4.75. The topological polar surface area (TPSA) is 88.2 Å². The van der Waals surface area contributed by atoms with E-state index in [1.807, 2.05) is 0 Å². The Bertz CT molecular complexity index is 1170. The summed E-state index contributed by atoms with van der Waals surface area (Å²) in [5.41, 5.74) is 1.22. The lowest BCUT2D eigenvalue weighted by Gasteiger charge is -2.13. The zero-order valence-electron chi connectivity index (χ0n) is 15.3. The van der Waals surface area contributed by atoms with Crippen molar-refractivity contribution < 1.29 is 22.0 Å². The fourth-order valence-electron chi connectivity index (χ4n) is 2.59. The standard InChI is InChI=1S/C20H17F2N3O3S/c1-13-8-9-23-12-18(13)25-29(27,28)19-5-3-2-4-15(19)20(26)24-11-14-6-7-16(21)17(22)10-14/h2-10,12,25H,11H2,1H3,(H,24,26). The maximum atomic E-state index is 13.3. The molecule has 0 aliphatic heterocycles. The number of halogens is 2. The Morgan fingerprint density at radius 2 is 1.83 bits per heavy atom. The van der Waals surface area contributed by atoms with Gasteiger partial charge in [-0.25, -0.2) is 17.2 Å². The van der Waals surface area contributed by atoms with E-state index < -0.39 is 27.6 Å². The van der Waals surface area contributed by atoms with E-state index in [4.69, 9.17) is 0 Å². The van der Waals surface area contributed by atoms with Crippen molar-refractivity contribution in [2.45, 2.75) is 18.4 Å². The third-order valence-electron chi connectivity index (χ3n) is 4.14. The lowest BCUT2D eigenvalue weighted by atomic mass is 10.2. The number of nitrogens with one attached hydrogen (secondary N) is 2. The van der Waals surface area contributed by atoms with E-state index in [1.54, 1.807) is 13.0 Å². The summed E-state index contributed by atoms with van der Waals surface area (Å²) in [6, 6.07) is 10.6. The molecule has 0 bridgehead atoms. The van der Waals surface area contributed by atoms with Crippen LogP contribution in [-0.4, -0.2) is 19.3 Å². The highest BCUT2D eigenvalue weighted by Crippen LogP contribution is 2.21. The van der Waals surface area contributed by atoms with Gasteiger partial charge in [0, 0.05) is 12.7 Å². The highest BCUT2D eigenvalue weighted by atomic mass is 32.2. The molecule has 3 aromatic rings. The maximum absolute atomic E-state index is 13.3. The van der Waals surface area contributed by atoms with Gasteiger partial charge in [-0.3, -0.25) is 14.5 Å². The highest BCUT2D eigenvalue weighted by Gasteiger charge is 2.22. The SMILES string of the molecule is Cc1ccncc1NS(=O)(=O)c1ccccc1C(=O)NCc1ccc(F)c(F)c1. The molecule has 2 aromatic carbocycles. The first-order chi connectivity index (χ1) is 13.8. The molecule has 9 heteroatoms. The molecule has 1 heterocycles. The van der Waals surface area contributed by atoms with Crippen molar-refractivity contribution in [1.29, 1.82) is 0 Å². The van der Waals surface area contributed by atoms with Crippen LogP contribution >= 0.6 is 0 Å². The van der Waals surface area contributed by atoms with Crippen molar-refractivity contribution in [1.82, 2.24) is 10.3 Å². The van der Waals surface area contributed by atoms with Gasteiger partial charge in [-0.2, -0.15) is 0 Å². The predicted molar refractivity (Wildman–Crippen MR) is 104 cm³/mol. The second kappa shape index (κ2) is 8.36.